The SMILES string of the molecule is [CH2]Cc1cccnc1C(=O)OCC. The quantitative estimate of drug-likeness (QED) is 0.660. The first-order valence-electron chi connectivity index (χ1n) is 4.19. The van der Waals surface area contributed by atoms with Gasteiger partial charge in [-0.1, -0.05) is 6.07 Å². The number of esters is 1. The van der Waals surface area contributed by atoms with Crippen molar-refractivity contribution in [2.75, 3.05) is 6.61 Å². The highest BCUT2D eigenvalue weighted by Crippen LogP contribution is 2.07. The van der Waals surface area contributed by atoms with Crippen molar-refractivity contribution in [1.82, 2.24) is 4.98 Å². The molecule has 69 valence electrons. The van der Waals surface area contributed by atoms with Crippen LogP contribution in [-0.2, 0) is 11.2 Å². The van der Waals surface area contributed by atoms with E-state index in [9.17, 15) is 4.79 Å². The summed E-state index contributed by atoms with van der Waals surface area (Å²) >= 11 is 0. The zero-order chi connectivity index (χ0) is 9.68. The molecule has 3 heteroatoms. The van der Waals surface area contributed by atoms with Crippen molar-refractivity contribution in [3.8, 4) is 0 Å². The molecular formula is C10H12NO2. The molecule has 1 aromatic heterocycles. The van der Waals surface area contributed by atoms with Crippen LogP contribution in [0, 0.1) is 6.92 Å². The number of ether oxygens (including phenoxy) is 1. The molecule has 0 aliphatic carbocycles. The molecule has 1 heterocycles. The third kappa shape index (κ3) is 2.28. The number of pyridine rings is 1. The topological polar surface area (TPSA) is 39.2 Å². The number of rotatable bonds is 3. The van der Waals surface area contributed by atoms with Gasteiger partial charge in [0, 0.05) is 6.20 Å². The van der Waals surface area contributed by atoms with Crippen LogP contribution in [0.2, 0.25) is 0 Å². The fourth-order valence-electron chi connectivity index (χ4n) is 1.02. The summed E-state index contributed by atoms with van der Waals surface area (Å²) in [5.74, 6) is -0.373. The van der Waals surface area contributed by atoms with Crippen LogP contribution in [0.3, 0.4) is 0 Å². The van der Waals surface area contributed by atoms with E-state index in [0.717, 1.165) is 5.56 Å². The minimum atomic E-state index is -0.373. The summed E-state index contributed by atoms with van der Waals surface area (Å²) in [7, 11) is 0. The first kappa shape index (κ1) is 9.71. The van der Waals surface area contributed by atoms with Gasteiger partial charge in [0.2, 0.25) is 0 Å². The van der Waals surface area contributed by atoms with E-state index in [2.05, 4.69) is 11.9 Å². The molecule has 0 unspecified atom stereocenters. The highest BCUT2D eigenvalue weighted by atomic mass is 16.5. The van der Waals surface area contributed by atoms with Crippen molar-refractivity contribution in [3.63, 3.8) is 0 Å². The largest absolute Gasteiger partial charge is 0.461 e. The maximum absolute atomic E-state index is 11.3. The predicted molar refractivity (Wildman–Crippen MR) is 49.3 cm³/mol. The lowest BCUT2D eigenvalue weighted by Gasteiger charge is -2.04. The molecule has 3 nitrogen and oxygen atoms in total. The average Bonchev–Trinajstić information content (AvgIpc) is 2.18. The van der Waals surface area contributed by atoms with Crippen molar-refractivity contribution < 1.29 is 9.53 Å². The summed E-state index contributed by atoms with van der Waals surface area (Å²) < 4.78 is 4.84. The lowest BCUT2D eigenvalue weighted by molar-refractivity contribution is 0.0518. The molecule has 0 aromatic carbocycles. The number of hydrogen-bond donors (Lipinski definition) is 0. The van der Waals surface area contributed by atoms with E-state index in [4.69, 9.17) is 4.74 Å². The Bertz CT molecular complexity index is 297. The maximum Gasteiger partial charge on any atom is 0.357 e. The van der Waals surface area contributed by atoms with Gasteiger partial charge >= 0.3 is 5.97 Å². The number of carbonyl (C=O) groups is 1. The van der Waals surface area contributed by atoms with Crippen LogP contribution in [0.1, 0.15) is 23.0 Å². The molecular weight excluding hydrogens is 166 g/mol. The Morgan fingerprint density at radius 2 is 2.46 bits per heavy atom. The standard InChI is InChI=1S/C10H12NO2/c1-3-8-6-5-7-11-9(8)10(12)13-4-2/h5-7H,1,3-4H2,2H3. The molecule has 0 atom stereocenters. The maximum atomic E-state index is 11.3. The van der Waals surface area contributed by atoms with Gasteiger partial charge in [0.1, 0.15) is 0 Å². The molecule has 0 N–H and O–H groups in total. The van der Waals surface area contributed by atoms with E-state index in [-0.39, 0.29) is 5.97 Å². The smallest absolute Gasteiger partial charge is 0.357 e. The van der Waals surface area contributed by atoms with Crippen LogP contribution in [0.4, 0.5) is 0 Å². The van der Waals surface area contributed by atoms with E-state index in [0.29, 0.717) is 18.7 Å². The molecule has 1 rings (SSSR count). The summed E-state index contributed by atoms with van der Waals surface area (Å²) in [5.41, 5.74) is 1.19. The van der Waals surface area contributed by atoms with Crippen molar-refractivity contribution in [2.45, 2.75) is 13.3 Å². The molecule has 0 spiro atoms. The van der Waals surface area contributed by atoms with Crippen LogP contribution in [0.25, 0.3) is 0 Å². The van der Waals surface area contributed by atoms with Crippen LogP contribution >= 0.6 is 0 Å². The molecule has 1 radical (unpaired) electrons. The number of aromatic nitrogens is 1. The van der Waals surface area contributed by atoms with Crippen molar-refractivity contribution in [2.24, 2.45) is 0 Å². The third-order valence-corrected chi connectivity index (χ3v) is 1.63. The van der Waals surface area contributed by atoms with Crippen molar-refractivity contribution in [3.05, 3.63) is 36.5 Å². The molecule has 0 saturated heterocycles. The second-order valence-corrected chi connectivity index (χ2v) is 2.48. The fourth-order valence-corrected chi connectivity index (χ4v) is 1.02. The predicted octanol–water partition coefficient (Wildman–Crippen LogP) is 1.63. The highest BCUT2D eigenvalue weighted by molar-refractivity contribution is 5.88. The zero-order valence-corrected chi connectivity index (χ0v) is 7.62. The second-order valence-electron chi connectivity index (χ2n) is 2.48. The number of hydrogen-bond acceptors (Lipinski definition) is 3. The fraction of sp³-hybridized carbons (Fsp3) is 0.300. The molecule has 0 aliphatic heterocycles. The van der Waals surface area contributed by atoms with E-state index in [1.165, 1.54) is 0 Å². The number of nitrogens with zero attached hydrogens (tertiary/aromatic N) is 1. The summed E-state index contributed by atoms with van der Waals surface area (Å²) in [6.45, 7) is 5.85. The first-order valence-corrected chi connectivity index (χ1v) is 4.19. The number of carbonyl (C=O) groups excluding carboxylic acids is 1. The van der Waals surface area contributed by atoms with E-state index in [1.54, 1.807) is 19.2 Å². The Balaban J connectivity index is 2.92. The lowest BCUT2D eigenvalue weighted by atomic mass is 10.1. The molecule has 0 aliphatic rings. The van der Waals surface area contributed by atoms with Crippen LogP contribution in [0.15, 0.2) is 18.3 Å². The Kier molecular flexibility index (Phi) is 3.43. The summed E-state index contributed by atoms with van der Waals surface area (Å²) in [4.78, 5) is 15.3. The van der Waals surface area contributed by atoms with Gasteiger partial charge in [-0.05, 0) is 31.9 Å². The zero-order valence-electron chi connectivity index (χ0n) is 7.62. The van der Waals surface area contributed by atoms with Gasteiger partial charge in [0.15, 0.2) is 5.69 Å². The van der Waals surface area contributed by atoms with Gasteiger partial charge in [-0.3, -0.25) is 0 Å². The van der Waals surface area contributed by atoms with Gasteiger partial charge in [-0.2, -0.15) is 0 Å². The van der Waals surface area contributed by atoms with Crippen LogP contribution in [-0.4, -0.2) is 17.6 Å². The molecule has 13 heavy (non-hydrogen) atoms. The van der Waals surface area contributed by atoms with Gasteiger partial charge < -0.3 is 4.74 Å². The first-order chi connectivity index (χ1) is 6.29. The average molecular weight is 178 g/mol. The van der Waals surface area contributed by atoms with Crippen LogP contribution in [0.5, 0.6) is 0 Å². The van der Waals surface area contributed by atoms with E-state index in [1.807, 2.05) is 6.07 Å². The minimum Gasteiger partial charge on any atom is -0.461 e. The van der Waals surface area contributed by atoms with E-state index >= 15 is 0 Å². The second kappa shape index (κ2) is 4.60. The molecule has 1 aromatic rings. The molecule has 0 bridgehead atoms. The monoisotopic (exact) mass is 178 g/mol. The molecule has 0 saturated carbocycles. The molecule has 0 fully saturated rings. The third-order valence-electron chi connectivity index (χ3n) is 1.63. The Labute approximate surface area is 77.8 Å². The van der Waals surface area contributed by atoms with E-state index < -0.39 is 0 Å². The summed E-state index contributed by atoms with van der Waals surface area (Å²) in [6, 6.07) is 3.61. The molecule has 0 amide bonds. The Hall–Kier alpha value is -1.38. The van der Waals surface area contributed by atoms with Crippen molar-refractivity contribution >= 4 is 5.97 Å². The summed E-state index contributed by atoms with van der Waals surface area (Å²) in [6.07, 6.45) is 2.12. The van der Waals surface area contributed by atoms with Gasteiger partial charge in [-0.25, -0.2) is 9.78 Å². The normalized spacial score (nSPS) is 9.69. The van der Waals surface area contributed by atoms with Crippen LogP contribution < -0.4 is 0 Å². The Morgan fingerprint density at radius 1 is 1.69 bits per heavy atom. The van der Waals surface area contributed by atoms with Gasteiger partial charge in [0.05, 0.1) is 6.61 Å². The van der Waals surface area contributed by atoms with Crippen molar-refractivity contribution in [1.29, 1.82) is 0 Å². The lowest BCUT2D eigenvalue weighted by Crippen LogP contribution is -2.09. The summed E-state index contributed by atoms with van der Waals surface area (Å²) in [5, 5.41) is 0. The van der Waals surface area contributed by atoms with Gasteiger partial charge in [0.25, 0.3) is 0 Å². The minimum absolute atomic E-state index is 0.367. The highest BCUT2D eigenvalue weighted by Gasteiger charge is 2.11. The van der Waals surface area contributed by atoms with Gasteiger partial charge in [-0.15, -0.1) is 0 Å². The Morgan fingerprint density at radius 3 is 3.08 bits per heavy atom.